The van der Waals surface area contributed by atoms with E-state index in [-0.39, 0.29) is 73.0 Å². The molecule has 2 aromatic rings. The molecule has 1 aromatic heterocycles. The quantitative estimate of drug-likeness (QED) is 0.716. The monoisotopic (exact) mass is 458 g/mol. The molecule has 1 amide bonds. The van der Waals surface area contributed by atoms with Crippen LogP contribution in [0.3, 0.4) is 0 Å². The summed E-state index contributed by atoms with van der Waals surface area (Å²) in [4.78, 5) is 31.0. The lowest BCUT2D eigenvalue weighted by molar-refractivity contribution is -0.130. The highest BCUT2D eigenvalue weighted by Gasteiger charge is 2.47. The first-order valence-electron chi connectivity index (χ1n) is 9.37. The molecule has 0 radical (unpaired) electrons. The van der Waals surface area contributed by atoms with Gasteiger partial charge in [-0.3, -0.25) is 19.5 Å². The lowest BCUT2D eigenvalue weighted by Gasteiger charge is -2.27. The number of H-pyrrole nitrogens is 1. The number of hydrogen-bond acceptors (Lipinski definition) is 6. The second-order valence-electron chi connectivity index (χ2n) is 7.65. The average Bonchev–Trinajstić information content (AvgIpc) is 3.17. The molecule has 4 rings (SSSR count). The van der Waals surface area contributed by atoms with Crippen LogP contribution in [0.2, 0.25) is 0 Å². The maximum absolute atomic E-state index is 13.7. The Morgan fingerprint density at radius 2 is 2.03 bits per heavy atom. The van der Waals surface area contributed by atoms with Gasteiger partial charge in [-0.05, 0) is 30.7 Å². The molecule has 0 unspecified atom stereocenters. The van der Waals surface area contributed by atoms with Crippen LogP contribution < -0.4 is 11.3 Å². The number of hydrogen-bond donors (Lipinski definition) is 2. The van der Waals surface area contributed by atoms with Crippen LogP contribution in [0, 0.1) is 17.7 Å². The van der Waals surface area contributed by atoms with Gasteiger partial charge in [0.1, 0.15) is 11.5 Å². The second kappa shape index (κ2) is 9.72. The normalized spacial score (nSPS) is 22.9. The number of nitrogens with two attached hydrogens (primary N) is 1. The van der Waals surface area contributed by atoms with Gasteiger partial charge in [-0.15, -0.1) is 35.0 Å². The number of halogens is 3. The van der Waals surface area contributed by atoms with Crippen LogP contribution in [0.5, 0.6) is 0 Å². The molecule has 3 N–H and O–H groups in total. The Labute approximate surface area is 185 Å². The van der Waals surface area contributed by atoms with Gasteiger partial charge in [0, 0.05) is 44.4 Å². The van der Waals surface area contributed by atoms with Crippen molar-refractivity contribution in [2.45, 2.75) is 18.9 Å². The van der Waals surface area contributed by atoms with Crippen LogP contribution in [0.4, 0.5) is 10.3 Å². The van der Waals surface area contributed by atoms with E-state index < -0.39 is 5.56 Å². The molecule has 2 saturated heterocycles. The number of carbonyl (C=O) groups is 1. The van der Waals surface area contributed by atoms with Gasteiger partial charge in [-0.2, -0.15) is 0 Å². The molecule has 8 nitrogen and oxygen atoms in total. The average molecular weight is 459 g/mol. The molecule has 0 aliphatic carbocycles. The Morgan fingerprint density at radius 3 is 2.73 bits per heavy atom. The van der Waals surface area contributed by atoms with E-state index in [0.717, 1.165) is 12.1 Å². The Kier molecular flexibility index (Phi) is 7.79. The molecule has 30 heavy (non-hydrogen) atoms. The number of benzene rings is 1. The van der Waals surface area contributed by atoms with Crippen LogP contribution in [-0.2, 0) is 11.2 Å². The lowest BCUT2D eigenvalue weighted by Crippen LogP contribution is -2.34. The summed E-state index contributed by atoms with van der Waals surface area (Å²) in [6, 6.07) is 6.81. The number of nitrogens with one attached hydrogen (secondary N) is 1. The first-order chi connectivity index (χ1) is 13.4. The Bertz CT molecular complexity index is 959. The van der Waals surface area contributed by atoms with Crippen LogP contribution in [0.1, 0.15) is 23.7 Å². The summed E-state index contributed by atoms with van der Waals surface area (Å²) < 4.78 is 13.7. The highest BCUT2D eigenvalue weighted by Crippen LogP contribution is 2.44. The molecule has 1 aromatic carbocycles. The van der Waals surface area contributed by atoms with Gasteiger partial charge in [0.2, 0.25) is 11.9 Å². The summed E-state index contributed by atoms with van der Waals surface area (Å²) in [5.74, 6) is 0.348. The third kappa shape index (κ3) is 4.74. The van der Waals surface area contributed by atoms with E-state index in [9.17, 15) is 14.0 Å². The van der Waals surface area contributed by atoms with Gasteiger partial charge in [0.05, 0.1) is 0 Å². The lowest BCUT2D eigenvalue weighted by atomic mass is 9.89. The Morgan fingerprint density at radius 1 is 1.27 bits per heavy atom. The number of rotatable bonds is 4. The van der Waals surface area contributed by atoms with Crippen molar-refractivity contribution >= 4 is 36.7 Å². The molecule has 0 spiro atoms. The van der Waals surface area contributed by atoms with Crippen LogP contribution in [0.15, 0.2) is 29.1 Å². The Balaban J connectivity index is 0.00000160. The highest BCUT2D eigenvalue weighted by molar-refractivity contribution is 5.85. The van der Waals surface area contributed by atoms with Crippen molar-refractivity contribution in [3.8, 4) is 0 Å². The third-order valence-corrected chi connectivity index (χ3v) is 5.80. The van der Waals surface area contributed by atoms with Crippen molar-refractivity contribution in [1.29, 1.82) is 0 Å². The fraction of sp³-hybridized carbons (Fsp3) is 0.474. The van der Waals surface area contributed by atoms with Gasteiger partial charge < -0.3 is 10.6 Å². The van der Waals surface area contributed by atoms with Crippen molar-refractivity contribution in [1.82, 2.24) is 25.0 Å². The summed E-state index contributed by atoms with van der Waals surface area (Å²) >= 11 is 0. The first kappa shape index (κ1) is 24.0. The number of amides is 1. The van der Waals surface area contributed by atoms with Crippen LogP contribution in [0.25, 0.3) is 0 Å². The van der Waals surface area contributed by atoms with E-state index in [1.807, 2.05) is 18.0 Å². The molecule has 0 bridgehead atoms. The number of fused-ring (bicyclic) bond motifs is 1. The fourth-order valence-corrected chi connectivity index (χ4v) is 4.57. The minimum absolute atomic E-state index is 0. The van der Waals surface area contributed by atoms with Crippen molar-refractivity contribution in [2.75, 3.05) is 32.4 Å². The molecule has 2 aliphatic rings. The smallest absolute Gasteiger partial charge is 0.274 e. The summed E-state index contributed by atoms with van der Waals surface area (Å²) in [5.41, 5.74) is 6.13. The van der Waals surface area contributed by atoms with Crippen LogP contribution in [-0.4, -0.2) is 57.6 Å². The van der Waals surface area contributed by atoms with E-state index in [1.165, 1.54) is 6.07 Å². The molecule has 2 fully saturated rings. The zero-order valence-electron chi connectivity index (χ0n) is 16.5. The van der Waals surface area contributed by atoms with E-state index in [0.29, 0.717) is 19.0 Å². The maximum atomic E-state index is 13.7. The zero-order chi connectivity index (χ0) is 19.8. The van der Waals surface area contributed by atoms with Crippen molar-refractivity contribution < 1.29 is 9.18 Å². The predicted molar refractivity (Wildman–Crippen MR) is 115 cm³/mol. The standard InChI is InChI=1S/C19H23FN6O2.2ClH/c1-25-8-12-9-26(10-14(12)17(25)11-3-2-4-13(20)7-11)16(27)6-5-15-18(28)22-19(21)24-23-15;;/h2-4,7,12,14,17H,5-6,8-10H2,1H3,(H3,21,22,24,28);2*1H/t12-,14+,17-;;/m0../s1. The van der Waals surface area contributed by atoms with E-state index in [2.05, 4.69) is 20.1 Å². The number of nitrogens with zero attached hydrogens (tertiary/aromatic N) is 4. The summed E-state index contributed by atoms with van der Waals surface area (Å²) in [6.07, 6.45) is 0.419. The van der Waals surface area contributed by atoms with Gasteiger partial charge in [0.15, 0.2) is 0 Å². The van der Waals surface area contributed by atoms with Gasteiger partial charge in [-0.25, -0.2) is 4.39 Å². The molecule has 3 heterocycles. The molecule has 164 valence electrons. The Hall–Kier alpha value is -2.23. The predicted octanol–water partition coefficient (Wildman–Crippen LogP) is 1.42. The van der Waals surface area contributed by atoms with E-state index in [1.54, 1.807) is 12.1 Å². The largest absolute Gasteiger partial charge is 0.368 e. The number of anilines is 1. The minimum atomic E-state index is -0.411. The SMILES string of the molecule is CN1C[C@H]2CN(C(=O)CCc3nnc(N)[nH]c3=O)C[C@H]2[C@@H]1c1cccc(F)c1.Cl.Cl. The number of aromatic nitrogens is 3. The van der Waals surface area contributed by atoms with Gasteiger partial charge >= 0.3 is 0 Å². The van der Waals surface area contributed by atoms with Crippen molar-refractivity contribution in [3.05, 3.63) is 51.7 Å². The number of nitrogen functional groups attached to an aromatic ring is 1. The summed E-state index contributed by atoms with van der Waals surface area (Å²) in [6.45, 7) is 2.20. The maximum Gasteiger partial charge on any atom is 0.274 e. The number of likely N-dealkylation sites (tertiary alicyclic amines) is 2. The topological polar surface area (TPSA) is 108 Å². The molecule has 0 saturated carbocycles. The van der Waals surface area contributed by atoms with Crippen molar-refractivity contribution in [3.63, 3.8) is 0 Å². The number of carbonyl (C=O) groups excluding carboxylic acids is 1. The molecule has 3 atom stereocenters. The third-order valence-electron chi connectivity index (χ3n) is 5.80. The molecule has 11 heteroatoms. The van der Waals surface area contributed by atoms with E-state index in [4.69, 9.17) is 5.73 Å². The second-order valence-corrected chi connectivity index (χ2v) is 7.65. The minimum Gasteiger partial charge on any atom is -0.368 e. The highest BCUT2D eigenvalue weighted by atomic mass is 35.5. The fourth-order valence-electron chi connectivity index (χ4n) is 4.57. The van der Waals surface area contributed by atoms with Gasteiger partial charge in [-0.1, -0.05) is 12.1 Å². The molecular formula is C19H25Cl2FN6O2. The molecule has 2 aliphatic heterocycles. The number of aromatic amines is 1. The molecular weight excluding hydrogens is 434 g/mol. The first-order valence-corrected chi connectivity index (χ1v) is 9.37. The zero-order valence-corrected chi connectivity index (χ0v) is 18.1. The summed E-state index contributed by atoms with van der Waals surface area (Å²) in [7, 11) is 2.05. The summed E-state index contributed by atoms with van der Waals surface area (Å²) in [5, 5.41) is 7.40. The van der Waals surface area contributed by atoms with Gasteiger partial charge in [0.25, 0.3) is 5.56 Å². The van der Waals surface area contributed by atoms with Crippen LogP contribution >= 0.6 is 24.8 Å². The van der Waals surface area contributed by atoms with Crippen molar-refractivity contribution in [2.24, 2.45) is 11.8 Å². The number of aryl methyl sites for hydroxylation is 1. The van der Waals surface area contributed by atoms with E-state index >= 15 is 0 Å².